The standard InChI is InChI=1S/C9H12N2O/c10-8-1-2-9(11)7-5-12-4-3-6(7)8/h1-2H,3-5,10-11H2. The molecule has 0 atom stereocenters. The molecule has 0 aromatic heterocycles. The van der Waals surface area contributed by atoms with Crippen molar-refractivity contribution < 1.29 is 4.74 Å². The maximum Gasteiger partial charge on any atom is 0.0740 e. The van der Waals surface area contributed by atoms with E-state index in [9.17, 15) is 0 Å². The lowest BCUT2D eigenvalue weighted by Crippen LogP contribution is -2.14. The molecule has 4 N–H and O–H groups in total. The second kappa shape index (κ2) is 2.68. The van der Waals surface area contributed by atoms with Gasteiger partial charge in [-0.05, 0) is 24.1 Å². The zero-order chi connectivity index (χ0) is 8.55. The largest absolute Gasteiger partial charge is 0.398 e. The number of ether oxygens (including phenoxy) is 1. The Morgan fingerprint density at radius 1 is 1.08 bits per heavy atom. The summed E-state index contributed by atoms with van der Waals surface area (Å²) >= 11 is 0. The van der Waals surface area contributed by atoms with Gasteiger partial charge in [0.2, 0.25) is 0 Å². The van der Waals surface area contributed by atoms with E-state index in [4.69, 9.17) is 16.2 Å². The van der Waals surface area contributed by atoms with Gasteiger partial charge in [-0.2, -0.15) is 0 Å². The molecule has 0 saturated carbocycles. The van der Waals surface area contributed by atoms with Crippen molar-refractivity contribution in [2.24, 2.45) is 0 Å². The first-order valence-electron chi connectivity index (χ1n) is 4.02. The Balaban J connectivity index is 2.57. The van der Waals surface area contributed by atoms with E-state index in [-0.39, 0.29) is 0 Å². The molecule has 64 valence electrons. The van der Waals surface area contributed by atoms with Gasteiger partial charge in [-0.15, -0.1) is 0 Å². The summed E-state index contributed by atoms with van der Waals surface area (Å²) in [6.45, 7) is 1.35. The van der Waals surface area contributed by atoms with E-state index in [0.717, 1.165) is 30.0 Å². The van der Waals surface area contributed by atoms with Gasteiger partial charge in [-0.3, -0.25) is 0 Å². The molecule has 1 aromatic carbocycles. The molecule has 0 spiro atoms. The highest BCUT2D eigenvalue weighted by Gasteiger charge is 2.14. The summed E-state index contributed by atoms with van der Waals surface area (Å²) in [5.41, 5.74) is 15.4. The lowest BCUT2D eigenvalue weighted by molar-refractivity contribution is 0.111. The van der Waals surface area contributed by atoms with E-state index in [0.29, 0.717) is 6.61 Å². The Morgan fingerprint density at radius 3 is 2.42 bits per heavy atom. The Labute approximate surface area is 71.3 Å². The SMILES string of the molecule is Nc1ccc(N)c2c1CCOC2. The number of rotatable bonds is 0. The third-order valence-corrected chi connectivity index (χ3v) is 2.25. The number of nitrogen functional groups attached to an aromatic ring is 2. The molecule has 0 aliphatic carbocycles. The van der Waals surface area contributed by atoms with Crippen LogP contribution in [0.25, 0.3) is 0 Å². The number of nitrogens with two attached hydrogens (primary N) is 2. The molecule has 2 rings (SSSR count). The molecular weight excluding hydrogens is 152 g/mol. The molecule has 1 heterocycles. The van der Waals surface area contributed by atoms with Crippen molar-refractivity contribution in [3.05, 3.63) is 23.3 Å². The minimum Gasteiger partial charge on any atom is -0.398 e. The Kier molecular flexibility index (Phi) is 1.66. The predicted octanol–water partition coefficient (Wildman–Crippen LogP) is 0.924. The van der Waals surface area contributed by atoms with E-state index < -0.39 is 0 Å². The molecule has 0 amide bonds. The highest BCUT2D eigenvalue weighted by Crippen LogP contribution is 2.27. The van der Waals surface area contributed by atoms with Gasteiger partial charge < -0.3 is 16.2 Å². The lowest BCUT2D eigenvalue weighted by atomic mass is 10.00. The van der Waals surface area contributed by atoms with Crippen molar-refractivity contribution in [1.82, 2.24) is 0 Å². The molecule has 3 nitrogen and oxygen atoms in total. The first-order chi connectivity index (χ1) is 5.79. The number of fused-ring (bicyclic) bond motifs is 1. The van der Waals surface area contributed by atoms with Crippen molar-refractivity contribution in [1.29, 1.82) is 0 Å². The maximum atomic E-state index is 5.80. The zero-order valence-electron chi connectivity index (χ0n) is 6.84. The monoisotopic (exact) mass is 164 g/mol. The molecule has 1 aliphatic heterocycles. The molecule has 0 unspecified atom stereocenters. The smallest absolute Gasteiger partial charge is 0.0740 e. The highest BCUT2D eigenvalue weighted by atomic mass is 16.5. The summed E-state index contributed by atoms with van der Waals surface area (Å²) < 4.78 is 5.30. The van der Waals surface area contributed by atoms with Crippen LogP contribution in [0.1, 0.15) is 11.1 Å². The van der Waals surface area contributed by atoms with Crippen LogP contribution >= 0.6 is 0 Å². The van der Waals surface area contributed by atoms with Crippen LogP contribution in [0.2, 0.25) is 0 Å². The summed E-state index contributed by atoms with van der Waals surface area (Å²) in [6.07, 6.45) is 0.881. The van der Waals surface area contributed by atoms with Crippen LogP contribution in [0.3, 0.4) is 0 Å². The molecule has 1 aromatic rings. The Bertz CT molecular complexity index is 279. The summed E-state index contributed by atoms with van der Waals surface area (Å²) in [6, 6.07) is 3.70. The van der Waals surface area contributed by atoms with E-state index in [1.54, 1.807) is 0 Å². The summed E-state index contributed by atoms with van der Waals surface area (Å²) in [4.78, 5) is 0. The zero-order valence-corrected chi connectivity index (χ0v) is 6.84. The second-order valence-corrected chi connectivity index (χ2v) is 3.00. The van der Waals surface area contributed by atoms with Crippen LogP contribution in [0, 0.1) is 0 Å². The van der Waals surface area contributed by atoms with E-state index in [2.05, 4.69) is 0 Å². The fourth-order valence-electron chi connectivity index (χ4n) is 1.54. The van der Waals surface area contributed by atoms with Crippen LogP contribution in [0.4, 0.5) is 11.4 Å². The summed E-state index contributed by atoms with van der Waals surface area (Å²) in [5, 5.41) is 0. The number of benzene rings is 1. The van der Waals surface area contributed by atoms with Crippen LogP contribution < -0.4 is 11.5 Å². The minimum absolute atomic E-state index is 0.603. The average molecular weight is 164 g/mol. The lowest BCUT2D eigenvalue weighted by Gasteiger charge is -2.19. The van der Waals surface area contributed by atoms with Crippen LogP contribution in [-0.2, 0) is 17.8 Å². The minimum atomic E-state index is 0.603. The highest BCUT2D eigenvalue weighted by molar-refractivity contribution is 5.62. The van der Waals surface area contributed by atoms with Gasteiger partial charge in [0.25, 0.3) is 0 Å². The third-order valence-electron chi connectivity index (χ3n) is 2.25. The van der Waals surface area contributed by atoms with E-state index in [1.165, 1.54) is 5.56 Å². The number of hydrogen-bond acceptors (Lipinski definition) is 3. The van der Waals surface area contributed by atoms with Gasteiger partial charge >= 0.3 is 0 Å². The molecule has 0 saturated heterocycles. The first-order valence-corrected chi connectivity index (χ1v) is 4.02. The topological polar surface area (TPSA) is 61.3 Å². The fourth-order valence-corrected chi connectivity index (χ4v) is 1.54. The molecule has 3 heteroatoms. The number of hydrogen-bond donors (Lipinski definition) is 2. The van der Waals surface area contributed by atoms with Crippen molar-refractivity contribution in [2.45, 2.75) is 13.0 Å². The average Bonchev–Trinajstić information content (AvgIpc) is 2.12. The second-order valence-electron chi connectivity index (χ2n) is 3.00. The van der Waals surface area contributed by atoms with Gasteiger partial charge in [0.05, 0.1) is 13.2 Å². The van der Waals surface area contributed by atoms with Crippen molar-refractivity contribution in [2.75, 3.05) is 18.1 Å². The quantitative estimate of drug-likeness (QED) is 0.560. The predicted molar refractivity (Wildman–Crippen MR) is 48.6 cm³/mol. The molecule has 12 heavy (non-hydrogen) atoms. The molecule has 0 radical (unpaired) electrons. The fraction of sp³-hybridized carbons (Fsp3) is 0.333. The first kappa shape index (κ1) is 7.43. The van der Waals surface area contributed by atoms with Crippen molar-refractivity contribution in [3.8, 4) is 0 Å². The molecule has 1 aliphatic rings. The van der Waals surface area contributed by atoms with Crippen molar-refractivity contribution in [3.63, 3.8) is 0 Å². The van der Waals surface area contributed by atoms with Gasteiger partial charge in [0.15, 0.2) is 0 Å². The maximum absolute atomic E-state index is 5.80. The number of anilines is 2. The molecule has 0 bridgehead atoms. The molecular formula is C9H12N2O. The summed E-state index contributed by atoms with van der Waals surface area (Å²) in [5.74, 6) is 0. The Morgan fingerprint density at radius 2 is 1.75 bits per heavy atom. The third kappa shape index (κ3) is 1.02. The van der Waals surface area contributed by atoms with Crippen LogP contribution in [-0.4, -0.2) is 6.61 Å². The van der Waals surface area contributed by atoms with E-state index >= 15 is 0 Å². The van der Waals surface area contributed by atoms with Crippen LogP contribution in [0.5, 0.6) is 0 Å². The van der Waals surface area contributed by atoms with Gasteiger partial charge in [0, 0.05) is 16.9 Å². The molecule has 0 fully saturated rings. The van der Waals surface area contributed by atoms with Crippen LogP contribution in [0.15, 0.2) is 12.1 Å². The van der Waals surface area contributed by atoms with Gasteiger partial charge in [-0.1, -0.05) is 0 Å². The van der Waals surface area contributed by atoms with Crippen molar-refractivity contribution >= 4 is 11.4 Å². The van der Waals surface area contributed by atoms with Gasteiger partial charge in [0.1, 0.15) is 0 Å². The normalized spacial score (nSPS) is 15.7. The Hall–Kier alpha value is -1.22. The van der Waals surface area contributed by atoms with E-state index in [1.807, 2.05) is 12.1 Å². The van der Waals surface area contributed by atoms with Gasteiger partial charge in [-0.25, -0.2) is 0 Å². The summed E-state index contributed by atoms with van der Waals surface area (Å²) in [7, 11) is 0.